The number of fused-ring (bicyclic) bond motifs is 1. The molecule has 0 saturated heterocycles. The Balaban J connectivity index is 1.38. The fourth-order valence-corrected chi connectivity index (χ4v) is 5.25. The number of aryl methyl sites for hydroxylation is 1. The van der Waals surface area contributed by atoms with Gasteiger partial charge < -0.3 is 15.4 Å². The molecule has 0 bridgehead atoms. The number of nitrogens with one attached hydrogen (secondary N) is 2. The van der Waals surface area contributed by atoms with Crippen molar-refractivity contribution in [2.75, 3.05) is 10.6 Å². The van der Waals surface area contributed by atoms with Gasteiger partial charge in [0.2, 0.25) is 0 Å². The van der Waals surface area contributed by atoms with E-state index in [1.807, 2.05) is 48.5 Å². The number of carbonyl (C=O) groups is 1. The molecule has 0 atom stereocenters. The SMILES string of the molecule is CC(=O)C1(Nc2cc3ccnc(NCc4cc(C#N)ccc4OCc4ccccc4)c3cc2C)CCCC1. The second-order valence-corrected chi connectivity index (χ2v) is 10.1. The van der Waals surface area contributed by atoms with Crippen molar-refractivity contribution in [3.8, 4) is 11.8 Å². The van der Waals surface area contributed by atoms with E-state index in [0.29, 0.717) is 18.7 Å². The first-order valence-electron chi connectivity index (χ1n) is 13.1. The molecule has 4 aromatic rings. The lowest BCUT2D eigenvalue weighted by molar-refractivity contribution is -0.121. The zero-order valence-corrected chi connectivity index (χ0v) is 21.9. The molecule has 38 heavy (non-hydrogen) atoms. The minimum Gasteiger partial charge on any atom is -0.489 e. The van der Waals surface area contributed by atoms with Gasteiger partial charge in [-0.2, -0.15) is 5.26 Å². The van der Waals surface area contributed by atoms with Crippen molar-refractivity contribution in [3.05, 3.63) is 95.2 Å². The lowest BCUT2D eigenvalue weighted by Gasteiger charge is -2.30. The number of ketones is 1. The standard InChI is InChI=1S/C32H32N4O2/c1-22-16-28-26(18-29(22)36-32(23(2)37)13-6-7-14-32)12-15-34-31(28)35-20-27-17-25(19-33)10-11-30(27)38-21-24-8-4-3-5-9-24/h3-5,8-12,15-18,36H,6-7,13-14,20-21H2,1-2H3,(H,34,35). The smallest absolute Gasteiger partial charge is 0.155 e. The summed E-state index contributed by atoms with van der Waals surface area (Å²) in [6.07, 6.45) is 5.68. The predicted molar refractivity (Wildman–Crippen MR) is 151 cm³/mol. The van der Waals surface area contributed by atoms with Crippen LogP contribution in [0, 0.1) is 18.3 Å². The van der Waals surface area contributed by atoms with Gasteiger partial charge >= 0.3 is 0 Å². The highest BCUT2D eigenvalue weighted by Gasteiger charge is 2.38. The van der Waals surface area contributed by atoms with Gasteiger partial charge in [0, 0.05) is 29.4 Å². The molecule has 1 fully saturated rings. The summed E-state index contributed by atoms with van der Waals surface area (Å²) in [7, 11) is 0. The third-order valence-corrected chi connectivity index (χ3v) is 7.49. The maximum atomic E-state index is 12.5. The second-order valence-electron chi connectivity index (χ2n) is 10.1. The molecule has 0 spiro atoms. The molecule has 1 aliphatic carbocycles. The number of hydrogen-bond acceptors (Lipinski definition) is 6. The van der Waals surface area contributed by atoms with E-state index >= 15 is 0 Å². The Labute approximate surface area is 223 Å². The van der Waals surface area contributed by atoms with Crippen LogP contribution in [0.4, 0.5) is 11.5 Å². The van der Waals surface area contributed by atoms with E-state index < -0.39 is 5.54 Å². The lowest BCUT2D eigenvalue weighted by Crippen LogP contribution is -2.42. The molecule has 1 heterocycles. The normalized spacial score (nSPS) is 14.1. The molecule has 5 rings (SSSR count). The van der Waals surface area contributed by atoms with E-state index in [1.54, 1.807) is 19.2 Å². The number of hydrogen-bond donors (Lipinski definition) is 2. The summed E-state index contributed by atoms with van der Waals surface area (Å²) in [4.78, 5) is 17.1. The van der Waals surface area contributed by atoms with Crippen molar-refractivity contribution >= 4 is 28.1 Å². The monoisotopic (exact) mass is 504 g/mol. The van der Waals surface area contributed by atoms with Crippen molar-refractivity contribution in [3.63, 3.8) is 0 Å². The summed E-state index contributed by atoms with van der Waals surface area (Å²) in [6, 6.07) is 23.9. The van der Waals surface area contributed by atoms with Gasteiger partial charge in [0.1, 0.15) is 18.2 Å². The van der Waals surface area contributed by atoms with Gasteiger partial charge in [0.05, 0.1) is 17.2 Å². The first kappa shape index (κ1) is 25.3. The van der Waals surface area contributed by atoms with Crippen molar-refractivity contribution in [1.29, 1.82) is 5.26 Å². The number of carbonyl (C=O) groups excluding carboxylic acids is 1. The van der Waals surface area contributed by atoms with Crippen LogP contribution < -0.4 is 15.4 Å². The van der Waals surface area contributed by atoms with Crippen LogP contribution >= 0.6 is 0 Å². The molecule has 3 aromatic carbocycles. The van der Waals surface area contributed by atoms with Crippen LogP contribution in [-0.2, 0) is 17.9 Å². The number of ether oxygens (including phenoxy) is 1. The van der Waals surface area contributed by atoms with Crippen molar-refractivity contribution < 1.29 is 9.53 Å². The second kappa shape index (κ2) is 10.9. The summed E-state index contributed by atoms with van der Waals surface area (Å²) in [5.41, 5.74) is 4.14. The van der Waals surface area contributed by atoms with E-state index in [1.165, 1.54) is 0 Å². The molecule has 6 nitrogen and oxygen atoms in total. The van der Waals surface area contributed by atoms with Crippen molar-refractivity contribution in [2.45, 2.75) is 58.2 Å². The van der Waals surface area contributed by atoms with Crippen LogP contribution in [0.25, 0.3) is 10.8 Å². The predicted octanol–water partition coefficient (Wildman–Crippen LogP) is 6.92. The Bertz CT molecular complexity index is 1500. The number of nitriles is 1. The highest BCUT2D eigenvalue weighted by molar-refractivity contribution is 5.96. The molecule has 0 aliphatic heterocycles. The van der Waals surface area contributed by atoms with Crippen molar-refractivity contribution in [2.24, 2.45) is 0 Å². The number of pyridine rings is 1. The minimum atomic E-state index is -0.464. The Morgan fingerprint density at radius 3 is 2.61 bits per heavy atom. The third kappa shape index (κ3) is 5.33. The van der Waals surface area contributed by atoms with Gasteiger partial charge in [-0.3, -0.25) is 4.79 Å². The molecule has 2 N–H and O–H groups in total. The summed E-state index contributed by atoms with van der Waals surface area (Å²) >= 11 is 0. The van der Waals surface area contributed by atoms with Gasteiger partial charge in [-0.05, 0) is 79.6 Å². The number of rotatable bonds is 9. The van der Waals surface area contributed by atoms with Gasteiger partial charge in [-0.15, -0.1) is 0 Å². The Morgan fingerprint density at radius 1 is 1.08 bits per heavy atom. The molecular formula is C32H32N4O2. The number of benzene rings is 3. The highest BCUT2D eigenvalue weighted by Crippen LogP contribution is 2.37. The molecule has 0 radical (unpaired) electrons. The van der Waals surface area contributed by atoms with Crippen LogP contribution in [0.15, 0.2) is 72.9 Å². The van der Waals surface area contributed by atoms with Gasteiger partial charge in [-0.1, -0.05) is 43.2 Å². The maximum Gasteiger partial charge on any atom is 0.155 e. The topological polar surface area (TPSA) is 87.0 Å². The van der Waals surface area contributed by atoms with Gasteiger partial charge in [-0.25, -0.2) is 4.98 Å². The first-order chi connectivity index (χ1) is 18.5. The molecular weight excluding hydrogens is 472 g/mol. The van der Waals surface area contributed by atoms with E-state index in [0.717, 1.165) is 70.4 Å². The maximum absolute atomic E-state index is 12.5. The number of Topliss-reactive ketones (excluding diaryl/α,β-unsaturated/α-hetero) is 1. The number of aromatic nitrogens is 1. The molecule has 1 saturated carbocycles. The Hall–Kier alpha value is -4.37. The quantitative estimate of drug-likeness (QED) is 0.257. The van der Waals surface area contributed by atoms with Crippen molar-refractivity contribution in [1.82, 2.24) is 4.98 Å². The summed E-state index contributed by atoms with van der Waals surface area (Å²) in [6.45, 7) is 4.66. The average molecular weight is 505 g/mol. The van der Waals surface area contributed by atoms with Crippen LogP contribution in [0.5, 0.6) is 5.75 Å². The third-order valence-electron chi connectivity index (χ3n) is 7.49. The molecule has 1 aliphatic rings. The van der Waals surface area contributed by atoms with Crippen LogP contribution in [0.1, 0.15) is 54.9 Å². The fourth-order valence-electron chi connectivity index (χ4n) is 5.25. The zero-order valence-electron chi connectivity index (χ0n) is 21.9. The van der Waals surface area contributed by atoms with E-state index in [4.69, 9.17) is 4.74 Å². The zero-order chi connectivity index (χ0) is 26.5. The van der Waals surface area contributed by atoms with E-state index in [2.05, 4.69) is 40.7 Å². The average Bonchev–Trinajstić information content (AvgIpc) is 3.42. The molecule has 192 valence electrons. The Kier molecular flexibility index (Phi) is 7.28. The van der Waals surface area contributed by atoms with E-state index in [-0.39, 0.29) is 5.78 Å². The largest absolute Gasteiger partial charge is 0.489 e. The van der Waals surface area contributed by atoms with Gasteiger partial charge in [0.15, 0.2) is 5.78 Å². The van der Waals surface area contributed by atoms with Crippen LogP contribution in [0.2, 0.25) is 0 Å². The molecule has 0 amide bonds. The summed E-state index contributed by atoms with van der Waals surface area (Å²) in [5, 5.41) is 18.6. The lowest BCUT2D eigenvalue weighted by atomic mass is 9.91. The van der Waals surface area contributed by atoms with E-state index in [9.17, 15) is 10.1 Å². The molecule has 1 aromatic heterocycles. The first-order valence-corrected chi connectivity index (χ1v) is 13.1. The summed E-state index contributed by atoms with van der Waals surface area (Å²) < 4.78 is 6.12. The van der Waals surface area contributed by atoms with Crippen LogP contribution in [0.3, 0.4) is 0 Å². The van der Waals surface area contributed by atoms with Gasteiger partial charge in [0.25, 0.3) is 0 Å². The number of anilines is 2. The summed E-state index contributed by atoms with van der Waals surface area (Å²) in [5.74, 6) is 1.70. The number of nitrogens with zero attached hydrogens (tertiary/aromatic N) is 2. The Morgan fingerprint density at radius 2 is 1.87 bits per heavy atom. The highest BCUT2D eigenvalue weighted by atomic mass is 16.5. The fraction of sp³-hybridized carbons (Fsp3) is 0.281. The molecule has 6 heteroatoms. The molecule has 0 unspecified atom stereocenters. The van der Waals surface area contributed by atoms with Crippen LogP contribution in [-0.4, -0.2) is 16.3 Å². The minimum absolute atomic E-state index is 0.205.